The third kappa shape index (κ3) is 2.22. The lowest BCUT2D eigenvalue weighted by atomic mass is 10.1. The number of carbonyl (C=O) groups excluding carboxylic acids is 1. The molecule has 0 aliphatic carbocycles. The van der Waals surface area contributed by atoms with E-state index in [9.17, 15) is 13.2 Å². The van der Waals surface area contributed by atoms with Crippen molar-refractivity contribution in [1.29, 1.82) is 0 Å². The van der Waals surface area contributed by atoms with Gasteiger partial charge in [-0.3, -0.25) is 4.79 Å². The Morgan fingerprint density at radius 2 is 2.12 bits per heavy atom. The number of aliphatic hydroxyl groups is 1. The van der Waals surface area contributed by atoms with Crippen LogP contribution in [0.2, 0.25) is 0 Å². The van der Waals surface area contributed by atoms with Crippen molar-refractivity contribution in [2.45, 2.75) is 25.3 Å². The molecular formula is C10H17NO4S. The van der Waals surface area contributed by atoms with Crippen molar-refractivity contribution >= 4 is 15.7 Å². The number of sulfone groups is 1. The Kier molecular flexibility index (Phi) is 3.21. The number of nitrogens with zero attached hydrogens (tertiary/aromatic N) is 1. The molecule has 2 fully saturated rings. The summed E-state index contributed by atoms with van der Waals surface area (Å²) in [6.07, 6.45) is 2.16. The molecule has 0 radical (unpaired) electrons. The molecule has 0 aromatic carbocycles. The van der Waals surface area contributed by atoms with Crippen molar-refractivity contribution in [2.75, 3.05) is 24.7 Å². The van der Waals surface area contributed by atoms with Crippen LogP contribution >= 0.6 is 0 Å². The second kappa shape index (κ2) is 4.33. The number of hydrogen-bond acceptors (Lipinski definition) is 4. The van der Waals surface area contributed by atoms with Gasteiger partial charge >= 0.3 is 0 Å². The largest absolute Gasteiger partial charge is 0.394 e. The number of aliphatic hydroxyl groups excluding tert-OH is 1. The fourth-order valence-corrected chi connectivity index (χ4v) is 4.27. The van der Waals surface area contributed by atoms with Crippen molar-refractivity contribution in [3.63, 3.8) is 0 Å². The molecule has 2 aliphatic rings. The first-order chi connectivity index (χ1) is 7.53. The van der Waals surface area contributed by atoms with E-state index in [-0.39, 0.29) is 36.0 Å². The van der Waals surface area contributed by atoms with Crippen molar-refractivity contribution in [3.8, 4) is 0 Å². The van der Waals surface area contributed by atoms with E-state index in [1.165, 1.54) is 0 Å². The number of hydrogen-bond donors (Lipinski definition) is 1. The molecule has 2 aliphatic heterocycles. The van der Waals surface area contributed by atoms with E-state index >= 15 is 0 Å². The van der Waals surface area contributed by atoms with Crippen LogP contribution in [0.15, 0.2) is 0 Å². The molecule has 16 heavy (non-hydrogen) atoms. The molecule has 0 saturated carbocycles. The molecular weight excluding hydrogens is 230 g/mol. The maximum absolute atomic E-state index is 12.1. The highest BCUT2D eigenvalue weighted by atomic mass is 32.2. The lowest BCUT2D eigenvalue weighted by Gasteiger charge is -2.25. The first-order valence-corrected chi connectivity index (χ1v) is 7.47. The van der Waals surface area contributed by atoms with E-state index in [0.29, 0.717) is 13.0 Å². The van der Waals surface area contributed by atoms with Crippen LogP contribution in [0, 0.1) is 5.92 Å². The van der Waals surface area contributed by atoms with E-state index in [1.807, 2.05) is 0 Å². The first kappa shape index (κ1) is 11.9. The minimum atomic E-state index is -3.00. The first-order valence-electron chi connectivity index (χ1n) is 5.65. The average Bonchev–Trinajstić information content (AvgIpc) is 2.82. The predicted molar refractivity (Wildman–Crippen MR) is 58.6 cm³/mol. The van der Waals surface area contributed by atoms with Gasteiger partial charge in [-0.25, -0.2) is 8.42 Å². The lowest BCUT2D eigenvalue weighted by molar-refractivity contribution is -0.136. The summed E-state index contributed by atoms with van der Waals surface area (Å²) in [5.41, 5.74) is 0. The Bertz CT molecular complexity index is 378. The Balaban J connectivity index is 2.03. The minimum absolute atomic E-state index is 0.0134. The van der Waals surface area contributed by atoms with Crippen LogP contribution in [0.25, 0.3) is 0 Å². The van der Waals surface area contributed by atoms with Crippen LogP contribution in [-0.4, -0.2) is 55.0 Å². The van der Waals surface area contributed by atoms with Crippen LogP contribution in [0.3, 0.4) is 0 Å². The van der Waals surface area contributed by atoms with Gasteiger partial charge in [0.25, 0.3) is 0 Å². The molecule has 2 heterocycles. The molecule has 2 rings (SSSR count). The molecule has 6 heteroatoms. The van der Waals surface area contributed by atoms with Gasteiger partial charge in [0, 0.05) is 6.54 Å². The van der Waals surface area contributed by atoms with Crippen molar-refractivity contribution in [1.82, 2.24) is 4.90 Å². The Labute approximate surface area is 95.4 Å². The molecule has 1 amide bonds. The van der Waals surface area contributed by atoms with Gasteiger partial charge in [0.1, 0.15) is 0 Å². The molecule has 1 N–H and O–H groups in total. The molecule has 0 spiro atoms. The average molecular weight is 247 g/mol. The molecule has 0 aromatic rings. The van der Waals surface area contributed by atoms with E-state index < -0.39 is 9.84 Å². The monoisotopic (exact) mass is 247 g/mol. The zero-order chi connectivity index (χ0) is 11.8. The standard InChI is InChI=1S/C10H17NO4S/c12-6-9-2-1-4-11(9)10(13)8-3-5-16(14,15)7-8/h8-9,12H,1-7H2/t8?,9-/m1/s1. The second-order valence-electron chi connectivity index (χ2n) is 4.61. The van der Waals surface area contributed by atoms with Gasteiger partial charge in [-0.05, 0) is 19.3 Å². The Morgan fingerprint density at radius 1 is 1.38 bits per heavy atom. The Hall–Kier alpha value is -0.620. The van der Waals surface area contributed by atoms with Crippen molar-refractivity contribution < 1.29 is 18.3 Å². The fourth-order valence-electron chi connectivity index (χ4n) is 2.54. The van der Waals surface area contributed by atoms with Crippen LogP contribution in [0.4, 0.5) is 0 Å². The van der Waals surface area contributed by atoms with E-state index in [0.717, 1.165) is 12.8 Å². The molecule has 1 unspecified atom stereocenters. The number of carbonyl (C=O) groups is 1. The fraction of sp³-hybridized carbons (Fsp3) is 0.900. The SMILES string of the molecule is O=C(C1CCS(=O)(=O)C1)N1CCC[C@@H]1CO. The molecule has 5 nitrogen and oxygen atoms in total. The number of likely N-dealkylation sites (tertiary alicyclic amines) is 1. The van der Waals surface area contributed by atoms with Crippen LogP contribution < -0.4 is 0 Å². The van der Waals surface area contributed by atoms with E-state index in [2.05, 4.69) is 0 Å². The summed E-state index contributed by atoms with van der Waals surface area (Å²) < 4.78 is 22.6. The zero-order valence-electron chi connectivity index (χ0n) is 9.13. The molecule has 2 saturated heterocycles. The van der Waals surface area contributed by atoms with Crippen LogP contribution in [0.5, 0.6) is 0 Å². The normalized spacial score (nSPS) is 33.2. The molecule has 0 aromatic heterocycles. The summed E-state index contributed by atoms with van der Waals surface area (Å²) in [6, 6.07) is -0.101. The van der Waals surface area contributed by atoms with Gasteiger partial charge in [-0.2, -0.15) is 0 Å². The third-order valence-electron chi connectivity index (χ3n) is 3.45. The second-order valence-corrected chi connectivity index (χ2v) is 6.84. The van der Waals surface area contributed by atoms with Gasteiger partial charge in [0.2, 0.25) is 5.91 Å². The quantitative estimate of drug-likeness (QED) is 0.707. The zero-order valence-corrected chi connectivity index (χ0v) is 9.95. The summed E-state index contributed by atoms with van der Waals surface area (Å²) in [5, 5.41) is 9.12. The summed E-state index contributed by atoms with van der Waals surface area (Å²) in [4.78, 5) is 13.7. The molecule has 92 valence electrons. The maximum Gasteiger partial charge on any atom is 0.227 e. The van der Waals surface area contributed by atoms with Gasteiger partial charge in [0.15, 0.2) is 9.84 Å². The minimum Gasteiger partial charge on any atom is -0.394 e. The lowest BCUT2D eigenvalue weighted by Crippen LogP contribution is -2.41. The van der Waals surface area contributed by atoms with Gasteiger partial charge in [-0.1, -0.05) is 0 Å². The highest BCUT2D eigenvalue weighted by Crippen LogP contribution is 2.25. The highest BCUT2D eigenvalue weighted by Gasteiger charge is 2.38. The van der Waals surface area contributed by atoms with Crippen LogP contribution in [-0.2, 0) is 14.6 Å². The number of rotatable bonds is 2. The summed E-state index contributed by atoms with van der Waals surface area (Å²) in [5.74, 6) is -0.351. The highest BCUT2D eigenvalue weighted by molar-refractivity contribution is 7.91. The molecule has 2 atom stereocenters. The van der Waals surface area contributed by atoms with E-state index in [1.54, 1.807) is 4.90 Å². The topological polar surface area (TPSA) is 74.7 Å². The summed E-state index contributed by atoms with van der Waals surface area (Å²) >= 11 is 0. The predicted octanol–water partition coefficient (Wildman–Crippen LogP) is -0.596. The van der Waals surface area contributed by atoms with Crippen molar-refractivity contribution in [2.24, 2.45) is 5.92 Å². The summed E-state index contributed by atoms with van der Waals surface area (Å²) in [6.45, 7) is 0.631. The van der Waals surface area contributed by atoms with E-state index in [4.69, 9.17) is 5.11 Å². The summed E-state index contributed by atoms with van der Waals surface area (Å²) in [7, 11) is -3.00. The molecule has 0 bridgehead atoms. The third-order valence-corrected chi connectivity index (χ3v) is 5.22. The van der Waals surface area contributed by atoms with Gasteiger partial charge < -0.3 is 10.0 Å². The van der Waals surface area contributed by atoms with Gasteiger partial charge in [0.05, 0.1) is 30.1 Å². The van der Waals surface area contributed by atoms with Crippen molar-refractivity contribution in [3.05, 3.63) is 0 Å². The number of amides is 1. The van der Waals surface area contributed by atoms with Gasteiger partial charge in [-0.15, -0.1) is 0 Å². The smallest absolute Gasteiger partial charge is 0.227 e. The van der Waals surface area contributed by atoms with Crippen LogP contribution in [0.1, 0.15) is 19.3 Å². The Morgan fingerprint density at radius 3 is 2.69 bits per heavy atom. The maximum atomic E-state index is 12.1.